The molecule has 1 aromatic rings. The van der Waals surface area contributed by atoms with Crippen molar-refractivity contribution in [2.45, 2.75) is 44.4 Å². The zero-order valence-corrected chi connectivity index (χ0v) is 9.72. The zero-order valence-electron chi connectivity index (χ0n) is 9.72. The van der Waals surface area contributed by atoms with E-state index in [1.54, 1.807) is 11.7 Å². The normalized spacial score (nSPS) is 17.9. The first-order valence-electron chi connectivity index (χ1n) is 5.82. The third kappa shape index (κ3) is 2.62. The zero-order chi connectivity index (χ0) is 12.5. The van der Waals surface area contributed by atoms with Gasteiger partial charge >= 0.3 is 6.18 Å². The molecule has 1 aliphatic rings. The fourth-order valence-corrected chi connectivity index (χ4v) is 2.35. The van der Waals surface area contributed by atoms with E-state index < -0.39 is 11.9 Å². The lowest BCUT2D eigenvalue weighted by Crippen LogP contribution is -2.16. The molecular formula is C11H16F3N3. The van der Waals surface area contributed by atoms with Crippen LogP contribution < -0.4 is 5.32 Å². The molecule has 3 nitrogen and oxygen atoms in total. The Morgan fingerprint density at radius 2 is 2.06 bits per heavy atom. The van der Waals surface area contributed by atoms with E-state index in [1.165, 1.54) is 0 Å². The molecule has 0 aromatic carbocycles. The highest BCUT2D eigenvalue weighted by atomic mass is 19.4. The predicted molar refractivity (Wildman–Crippen MR) is 57.5 cm³/mol. The molecule has 1 aliphatic carbocycles. The first-order chi connectivity index (χ1) is 8.02. The van der Waals surface area contributed by atoms with Gasteiger partial charge in [-0.15, -0.1) is 0 Å². The van der Waals surface area contributed by atoms with E-state index in [1.807, 2.05) is 0 Å². The SMILES string of the molecule is CNCc1cc(C(F)(F)F)nn1C1CCCC1. The van der Waals surface area contributed by atoms with Gasteiger partial charge in [0, 0.05) is 6.54 Å². The van der Waals surface area contributed by atoms with Gasteiger partial charge in [0.2, 0.25) is 0 Å². The molecule has 17 heavy (non-hydrogen) atoms. The van der Waals surface area contributed by atoms with Gasteiger partial charge in [-0.1, -0.05) is 12.8 Å². The standard InChI is InChI=1S/C11H16F3N3/c1-15-7-9-6-10(11(12,13)14)16-17(9)8-4-2-3-5-8/h6,8,15H,2-5,7H2,1H3. The Kier molecular flexibility index (Phi) is 3.42. The second kappa shape index (κ2) is 4.68. The molecule has 0 amide bonds. The lowest BCUT2D eigenvalue weighted by Gasteiger charge is -2.13. The van der Waals surface area contributed by atoms with Crippen LogP contribution >= 0.6 is 0 Å². The summed E-state index contributed by atoms with van der Waals surface area (Å²) in [7, 11) is 1.72. The number of alkyl halides is 3. The number of hydrogen-bond donors (Lipinski definition) is 1. The highest BCUT2D eigenvalue weighted by molar-refractivity contribution is 5.14. The summed E-state index contributed by atoms with van der Waals surface area (Å²) in [5.74, 6) is 0. The Balaban J connectivity index is 2.31. The van der Waals surface area contributed by atoms with Gasteiger partial charge in [0.15, 0.2) is 5.69 Å². The third-order valence-corrected chi connectivity index (χ3v) is 3.13. The number of nitrogens with one attached hydrogen (secondary N) is 1. The van der Waals surface area contributed by atoms with Crippen LogP contribution in [0.2, 0.25) is 0 Å². The first-order valence-corrected chi connectivity index (χ1v) is 5.82. The molecule has 0 unspecified atom stereocenters. The maximum atomic E-state index is 12.6. The van der Waals surface area contributed by atoms with E-state index in [0.29, 0.717) is 12.2 Å². The Morgan fingerprint density at radius 3 is 2.59 bits per heavy atom. The summed E-state index contributed by atoms with van der Waals surface area (Å²) in [6.07, 6.45) is -0.354. The van der Waals surface area contributed by atoms with Crippen LogP contribution in [0.1, 0.15) is 43.1 Å². The van der Waals surface area contributed by atoms with Crippen molar-refractivity contribution in [2.24, 2.45) is 0 Å². The third-order valence-electron chi connectivity index (χ3n) is 3.13. The topological polar surface area (TPSA) is 29.9 Å². The lowest BCUT2D eigenvalue weighted by molar-refractivity contribution is -0.141. The van der Waals surface area contributed by atoms with E-state index in [0.717, 1.165) is 31.7 Å². The quantitative estimate of drug-likeness (QED) is 0.890. The predicted octanol–water partition coefficient (Wildman–Crippen LogP) is 2.74. The largest absolute Gasteiger partial charge is 0.435 e. The molecule has 1 saturated carbocycles. The average Bonchev–Trinajstić information content (AvgIpc) is 2.83. The highest BCUT2D eigenvalue weighted by Crippen LogP contribution is 2.34. The van der Waals surface area contributed by atoms with Gasteiger partial charge < -0.3 is 5.32 Å². The molecule has 0 aliphatic heterocycles. The summed E-state index contributed by atoms with van der Waals surface area (Å²) in [6, 6.07) is 1.28. The number of halogens is 3. The summed E-state index contributed by atoms with van der Waals surface area (Å²) in [6.45, 7) is 0.416. The minimum atomic E-state index is -4.35. The monoisotopic (exact) mass is 247 g/mol. The second-order valence-corrected chi connectivity index (χ2v) is 4.43. The van der Waals surface area contributed by atoms with Crippen molar-refractivity contribution in [1.82, 2.24) is 15.1 Å². The smallest absolute Gasteiger partial charge is 0.314 e. The first kappa shape index (κ1) is 12.4. The molecule has 6 heteroatoms. The van der Waals surface area contributed by atoms with Crippen molar-refractivity contribution in [2.75, 3.05) is 7.05 Å². The molecule has 0 spiro atoms. The van der Waals surface area contributed by atoms with Crippen molar-refractivity contribution >= 4 is 0 Å². The molecule has 1 heterocycles. The van der Waals surface area contributed by atoms with Crippen molar-refractivity contribution in [1.29, 1.82) is 0 Å². The number of hydrogen-bond acceptors (Lipinski definition) is 2. The van der Waals surface area contributed by atoms with E-state index in [4.69, 9.17) is 0 Å². The summed E-state index contributed by atoms with van der Waals surface area (Å²) < 4.78 is 39.4. The van der Waals surface area contributed by atoms with Gasteiger partial charge in [0.25, 0.3) is 0 Å². The molecule has 2 rings (SSSR count). The number of aromatic nitrogens is 2. The van der Waals surface area contributed by atoms with Crippen LogP contribution in [0.3, 0.4) is 0 Å². The van der Waals surface area contributed by atoms with Gasteiger partial charge in [-0.05, 0) is 26.0 Å². The van der Waals surface area contributed by atoms with Crippen LogP contribution in [0.5, 0.6) is 0 Å². The molecule has 0 atom stereocenters. The highest BCUT2D eigenvalue weighted by Gasteiger charge is 2.35. The number of nitrogens with zero attached hydrogens (tertiary/aromatic N) is 2. The summed E-state index contributed by atoms with van der Waals surface area (Å²) in [5, 5.41) is 6.62. The molecule has 0 bridgehead atoms. The summed E-state index contributed by atoms with van der Waals surface area (Å²) in [5.41, 5.74) is -0.165. The van der Waals surface area contributed by atoms with Crippen LogP contribution in [0.15, 0.2) is 6.07 Å². The van der Waals surface area contributed by atoms with Gasteiger partial charge in [-0.25, -0.2) is 0 Å². The van der Waals surface area contributed by atoms with Crippen molar-refractivity contribution < 1.29 is 13.2 Å². The molecule has 1 fully saturated rings. The summed E-state index contributed by atoms with van der Waals surface area (Å²) in [4.78, 5) is 0. The molecule has 1 N–H and O–H groups in total. The molecular weight excluding hydrogens is 231 g/mol. The maximum Gasteiger partial charge on any atom is 0.435 e. The van der Waals surface area contributed by atoms with Gasteiger partial charge in [0.05, 0.1) is 11.7 Å². The van der Waals surface area contributed by atoms with Crippen molar-refractivity contribution in [3.05, 3.63) is 17.5 Å². The van der Waals surface area contributed by atoms with Crippen LogP contribution in [-0.2, 0) is 12.7 Å². The Labute approximate surface area is 98.0 Å². The Hall–Kier alpha value is -1.04. The fourth-order valence-electron chi connectivity index (χ4n) is 2.35. The number of rotatable bonds is 3. The van der Waals surface area contributed by atoms with Crippen LogP contribution in [0, 0.1) is 0 Å². The van der Waals surface area contributed by atoms with Gasteiger partial charge in [-0.2, -0.15) is 18.3 Å². The summed E-state index contributed by atoms with van der Waals surface area (Å²) >= 11 is 0. The maximum absolute atomic E-state index is 12.6. The Morgan fingerprint density at radius 1 is 1.41 bits per heavy atom. The van der Waals surface area contributed by atoms with Gasteiger partial charge in [0.1, 0.15) is 0 Å². The van der Waals surface area contributed by atoms with E-state index >= 15 is 0 Å². The van der Waals surface area contributed by atoms with E-state index in [9.17, 15) is 13.2 Å². The fraction of sp³-hybridized carbons (Fsp3) is 0.727. The molecule has 0 saturated heterocycles. The average molecular weight is 247 g/mol. The van der Waals surface area contributed by atoms with Crippen LogP contribution in [0.25, 0.3) is 0 Å². The van der Waals surface area contributed by atoms with E-state index in [-0.39, 0.29) is 6.04 Å². The van der Waals surface area contributed by atoms with Crippen molar-refractivity contribution in [3.8, 4) is 0 Å². The van der Waals surface area contributed by atoms with Crippen LogP contribution in [-0.4, -0.2) is 16.8 Å². The minimum absolute atomic E-state index is 0.134. The lowest BCUT2D eigenvalue weighted by atomic mass is 10.2. The minimum Gasteiger partial charge on any atom is -0.314 e. The van der Waals surface area contributed by atoms with E-state index in [2.05, 4.69) is 10.4 Å². The Bertz CT molecular complexity index is 378. The molecule has 0 radical (unpaired) electrons. The molecule has 96 valence electrons. The van der Waals surface area contributed by atoms with Crippen LogP contribution in [0.4, 0.5) is 13.2 Å². The van der Waals surface area contributed by atoms with Gasteiger partial charge in [-0.3, -0.25) is 4.68 Å². The second-order valence-electron chi connectivity index (χ2n) is 4.43. The molecule has 1 aromatic heterocycles. The van der Waals surface area contributed by atoms with Crippen molar-refractivity contribution in [3.63, 3.8) is 0 Å².